The van der Waals surface area contributed by atoms with Gasteiger partial charge in [0.2, 0.25) is 0 Å². The van der Waals surface area contributed by atoms with Crippen molar-refractivity contribution in [2.24, 2.45) is 5.92 Å². The monoisotopic (exact) mass is 413 g/mol. The van der Waals surface area contributed by atoms with Crippen molar-refractivity contribution in [1.82, 2.24) is 5.09 Å². The molecule has 0 heterocycles. The van der Waals surface area contributed by atoms with Gasteiger partial charge in [-0.15, -0.1) is 0 Å². The molecule has 0 aliphatic heterocycles. The number of carbonyl (C=O) groups is 1. The molecule has 0 aromatic heterocycles. The Balaban J connectivity index is 3.48. The van der Waals surface area contributed by atoms with Crippen LogP contribution in [0.5, 0.6) is 5.75 Å². The van der Waals surface area contributed by atoms with E-state index in [-0.39, 0.29) is 24.1 Å². The highest BCUT2D eigenvalue weighted by molar-refractivity contribution is 7.57. The fourth-order valence-corrected chi connectivity index (χ4v) is 4.96. The summed E-state index contributed by atoms with van der Waals surface area (Å²) in [7, 11) is -3.67. The van der Waals surface area contributed by atoms with Crippen LogP contribution in [-0.2, 0) is 14.1 Å². The van der Waals surface area contributed by atoms with Crippen molar-refractivity contribution < 1.29 is 23.7 Å². The minimum atomic E-state index is -3.67. The number of nitrogens with one attached hydrogen (secondary N) is 1. The second-order valence-electron chi connectivity index (χ2n) is 8.24. The molecule has 6 nitrogen and oxygen atoms in total. The van der Waals surface area contributed by atoms with Crippen LogP contribution in [0.25, 0.3) is 0 Å². The Bertz CT molecular complexity index is 690. The quantitative estimate of drug-likeness (QED) is 0.460. The second-order valence-corrected chi connectivity index (χ2v) is 10.2. The first kappa shape index (κ1) is 24.7. The predicted octanol–water partition coefficient (Wildman–Crippen LogP) is 5.59. The second kappa shape index (κ2) is 9.91. The maximum absolute atomic E-state index is 13.8. The van der Waals surface area contributed by atoms with E-state index in [0.29, 0.717) is 12.4 Å². The van der Waals surface area contributed by atoms with Crippen molar-refractivity contribution in [3.63, 3.8) is 0 Å². The number of carboxylic acids is 1. The Kier molecular flexibility index (Phi) is 8.73. The zero-order valence-corrected chi connectivity index (χ0v) is 19.3. The highest BCUT2D eigenvalue weighted by atomic mass is 31.2. The van der Waals surface area contributed by atoms with Gasteiger partial charge in [-0.2, -0.15) is 0 Å². The van der Waals surface area contributed by atoms with Gasteiger partial charge in [0, 0.05) is 6.61 Å². The molecule has 0 amide bonds. The van der Waals surface area contributed by atoms with Crippen molar-refractivity contribution in [1.29, 1.82) is 0 Å². The first-order valence-electron chi connectivity index (χ1n) is 9.90. The fourth-order valence-electron chi connectivity index (χ4n) is 2.81. The number of ether oxygens (including phenoxy) is 1. The van der Waals surface area contributed by atoms with Gasteiger partial charge in [0.15, 0.2) is 0 Å². The van der Waals surface area contributed by atoms with Crippen LogP contribution in [-0.4, -0.2) is 29.6 Å². The molecule has 1 rings (SSSR count). The van der Waals surface area contributed by atoms with Gasteiger partial charge in [0.05, 0.1) is 0 Å². The molecule has 2 atom stereocenters. The Morgan fingerprint density at radius 3 is 2.00 bits per heavy atom. The number of para-hydroxylation sites is 1. The molecule has 0 bridgehead atoms. The first-order valence-corrected chi connectivity index (χ1v) is 11.7. The number of carboxylic acid groups (broad SMARTS) is 1. The molecule has 2 unspecified atom stereocenters. The number of benzene rings is 1. The number of rotatable bonds is 11. The highest BCUT2D eigenvalue weighted by Gasteiger charge is 2.44. The molecule has 0 fully saturated rings. The molecular formula is C21H36NO5P. The van der Waals surface area contributed by atoms with E-state index >= 15 is 0 Å². The smallest absolute Gasteiger partial charge is 0.342 e. The molecule has 1 aromatic rings. The van der Waals surface area contributed by atoms with Crippen LogP contribution in [0, 0.1) is 5.92 Å². The van der Waals surface area contributed by atoms with Gasteiger partial charge < -0.3 is 14.4 Å². The average molecular weight is 413 g/mol. The minimum Gasteiger partial charge on any atom is -0.480 e. The van der Waals surface area contributed by atoms with E-state index in [1.165, 1.54) is 6.92 Å². The number of hydrogen-bond acceptors (Lipinski definition) is 4. The highest BCUT2D eigenvalue weighted by Crippen LogP contribution is 2.50. The molecule has 0 saturated carbocycles. The summed E-state index contributed by atoms with van der Waals surface area (Å²) in [6.07, 6.45) is -0.205. The zero-order chi connectivity index (χ0) is 21.7. The molecule has 7 heteroatoms. The molecule has 0 saturated heterocycles. The Morgan fingerprint density at radius 2 is 1.64 bits per heavy atom. The summed E-state index contributed by atoms with van der Waals surface area (Å²) in [6.45, 7) is 15.4. The third-order valence-electron chi connectivity index (χ3n) is 5.03. The van der Waals surface area contributed by atoms with Crippen molar-refractivity contribution in [2.75, 3.05) is 13.0 Å². The van der Waals surface area contributed by atoms with E-state index in [2.05, 4.69) is 5.09 Å². The van der Waals surface area contributed by atoms with Gasteiger partial charge >= 0.3 is 13.5 Å². The van der Waals surface area contributed by atoms with Gasteiger partial charge in [0.1, 0.15) is 17.6 Å². The summed E-state index contributed by atoms with van der Waals surface area (Å²) in [5.74, 6) is -0.521. The average Bonchev–Trinajstić information content (AvgIpc) is 2.59. The van der Waals surface area contributed by atoms with Gasteiger partial charge in [-0.05, 0) is 42.7 Å². The molecule has 28 heavy (non-hydrogen) atoms. The van der Waals surface area contributed by atoms with E-state index in [1.54, 1.807) is 20.8 Å². The summed E-state index contributed by atoms with van der Waals surface area (Å²) in [5, 5.41) is 12.6. The Labute approximate surface area is 169 Å². The molecular weight excluding hydrogens is 377 g/mol. The third kappa shape index (κ3) is 5.82. The molecule has 0 aliphatic carbocycles. The van der Waals surface area contributed by atoms with Crippen LogP contribution in [0.2, 0.25) is 0 Å². The van der Waals surface area contributed by atoms with Crippen LogP contribution in [0.4, 0.5) is 0 Å². The van der Waals surface area contributed by atoms with Crippen molar-refractivity contribution >= 4 is 13.5 Å². The Hall–Kier alpha value is -1.36. The van der Waals surface area contributed by atoms with E-state index < -0.39 is 19.0 Å². The molecule has 0 radical (unpaired) electrons. The van der Waals surface area contributed by atoms with Gasteiger partial charge in [0.25, 0.3) is 0 Å². The molecule has 160 valence electrons. The van der Waals surface area contributed by atoms with Gasteiger partial charge in [-0.3, -0.25) is 9.36 Å². The van der Waals surface area contributed by atoms with E-state index in [1.807, 2.05) is 45.9 Å². The maximum atomic E-state index is 13.8. The van der Waals surface area contributed by atoms with E-state index in [9.17, 15) is 14.5 Å². The van der Waals surface area contributed by atoms with E-state index in [4.69, 9.17) is 9.26 Å². The van der Waals surface area contributed by atoms with Gasteiger partial charge in [-0.25, -0.2) is 5.09 Å². The lowest BCUT2D eigenvalue weighted by atomic mass is 9.90. The zero-order valence-electron chi connectivity index (χ0n) is 18.4. The van der Waals surface area contributed by atoms with Crippen LogP contribution < -0.4 is 9.61 Å². The minimum absolute atomic E-state index is 0.158. The third-order valence-corrected chi connectivity index (χ3v) is 6.83. The summed E-state index contributed by atoms with van der Waals surface area (Å²) < 4.78 is 25.4. The maximum Gasteiger partial charge on any atom is 0.342 e. The summed E-state index contributed by atoms with van der Waals surface area (Å²) in [4.78, 5) is 11.9. The lowest BCUT2D eigenvalue weighted by molar-refractivity contribution is -0.145. The van der Waals surface area contributed by atoms with Crippen LogP contribution in [0.15, 0.2) is 18.2 Å². The normalized spacial score (nSPS) is 16.2. The lowest BCUT2D eigenvalue weighted by Crippen LogP contribution is -2.52. The van der Waals surface area contributed by atoms with Gasteiger partial charge in [-0.1, -0.05) is 59.7 Å². The fraction of sp³-hybridized carbons (Fsp3) is 0.667. The van der Waals surface area contributed by atoms with Crippen LogP contribution in [0.1, 0.15) is 78.4 Å². The predicted molar refractivity (Wildman–Crippen MR) is 113 cm³/mol. The van der Waals surface area contributed by atoms with Crippen molar-refractivity contribution in [2.45, 2.75) is 72.8 Å². The molecule has 0 spiro atoms. The standard InChI is InChI=1S/C21H36NO5P/c1-9-26-13-28(25,22-21(8,16(6)7)20(23)24)27-19-17(14(2)3)11-10-12-18(19)15(4)5/h10-12,14-16H,9,13H2,1-8H3,(H,22,25)(H,23,24). The van der Waals surface area contributed by atoms with Crippen LogP contribution in [0.3, 0.4) is 0 Å². The van der Waals surface area contributed by atoms with Crippen LogP contribution >= 0.6 is 7.52 Å². The Morgan fingerprint density at radius 1 is 1.14 bits per heavy atom. The largest absolute Gasteiger partial charge is 0.480 e. The number of hydrogen-bond donors (Lipinski definition) is 2. The topological polar surface area (TPSA) is 84.9 Å². The summed E-state index contributed by atoms with van der Waals surface area (Å²) in [6, 6.07) is 5.87. The molecule has 2 N–H and O–H groups in total. The summed E-state index contributed by atoms with van der Waals surface area (Å²) >= 11 is 0. The van der Waals surface area contributed by atoms with Crippen molar-refractivity contribution in [3.05, 3.63) is 29.3 Å². The van der Waals surface area contributed by atoms with Crippen molar-refractivity contribution in [3.8, 4) is 5.75 Å². The number of aliphatic carboxylic acids is 1. The summed E-state index contributed by atoms with van der Waals surface area (Å²) in [5.41, 5.74) is 0.454. The molecule has 0 aliphatic rings. The lowest BCUT2D eigenvalue weighted by Gasteiger charge is -2.35. The SMILES string of the molecule is CCOCP(=O)(NC(C)(C(=O)O)C(C)C)Oc1c(C(C)C)cccc1C(C)C. The first-order chi connectivity index (χ1) is 12.9. The molecule has 1 aromatic carbocycles. The van der Waals surface area contributed by atoms with E-state index in [0.717, 1.165) is 11.1 Å².